The summed E-state index contributed by atoms with van der Waals surface area (Å²) in [6, 6.07) is 1.44. The van der Waals surface area contributed by atoms with E-state index in [0.29, 0.717) is 57.3 Å². The number of rotatable bonds is 11. The van der Waals surface area contributed by atoms with Gasteiger partial charge < -0.3 is 48.1 Å². The monoisotopic (exact) mass is 1390 g/mol. The molecule has 1 aliphatic rings. The molecule has 0 fully saturated rings. The van der Waals surface area contributed by atoms with Crippen molar-refractivity contribution in [2.24, 2.45) is 17.4 Å². The van der Waals surface area contributed by atoms with Crippen molar-refractivity contribution in [2.75, 3.05) is 22.9 Å². The number of nitrogens with two attached hydrogens (primary N) is 6. The number of hydrogen-bond acceptors (Lipinski definition) is 26. The summed E-state index contributed by atoms with van der Waals surface area (Å²) in [4.78, 5) is 101. The summed E-state index contributed by atoms with van der Waals surface area (Å²) < 4.78 is 38.1. The molecule has 13 N–H and O–H groups in total. The number of carbonyl (C=O) groups is 3. The Morgan fingerprint density at radius 2 is 1.13 bits per heavy atom. The molecule has 101 heavy (non-hydrogen) atoms. The first-order valence-electron chi connectivity index (χ1n) is 32.0. The normalized spacial score (nSPS) is 11.5. The number of anilines is 4. The van der Waals surface area contributed by atoms with Crippen molar-refractivity contribution < 1.29 is 23.2 Å². The van der Waals surface area contributed by atoms with Crippen LogP contribution in [0.1, 0.15) is 209 Å². The number of nitrogens with one attached hydrogen (secondary N) is 1. The van der Waals surface area contributed by atoms with Gasteiger partial charge in [0.15, 0.2) is 56.7 Å². The smallest absolute Gasteiger partial charge is 0.291 e. The maximum Gasteiger partial charge on any atom is 0.291 e. The van der Waals surface area contributed by atoms with E-state index < -0.39 is 29.5 Å². The second-order valence-corrected chi connectivity index (χ2v) is 24.8. The van der Waals surface area contributed by atoms with Crippen LogP contribution in [0.5, 0.6) is 0 Å². The van der Waals surface area contributed by atoms with Crippen LogP contribution < -0.4 is 40.0 Å². The predicted molar refractivity (Wildman–Crippen MR) is 377 cm³/mol. The highest BCUT2D eigenvalue weighted by Crippen LogP contribution is 2.33. The number of H-pyrrole nitrogens is 1. The highest BCUT2D eigenvalue weighted by atomic mass is 19.1. The Hall–Kier alpha value is -12.0. The molecule has 0 saturated heterocycles. The Bertz CT molecular complexity index is 4730. The summed E-state index contributed by atoms with van der Waals surface area (Å²) in [7, 11) is 0. The average molecular weight is 1400 g/mol. The third kappa shape index (κ3) is 20.1. The molecule has 1 aliphatic carbocycles. The molecule has 538 valence electrons. The zero-order valence-corrected chi connectivity index (χ0v) is 59.7. The predicted octanol–water partition coefficient (Wildman–Crippen LogP) is 7.49. The van der Waals surface area contributed by atoms with Crippen molar-refractivity contribution in [3.8, 4) is 0 Å². The van der Waals surface area contributed by atoms with Crippen LogP contribution in [-0.2, 0) is 6.42 Å². The van der Waals surface area contributed by atoms with Gasteiger partial charge in [0.25, 0.3) is 29.5 Å². The molecule has 0 saturated carbocycles. The molecule has 0 unspecified atom stereocenters. The fraction of sp³-hybridized carbons (Fsp3) is 0.429. The molecule has 0 aromatic carbocycles. The molecule has 0 atom stereocenters. The number of aromatic amines is 1. The Morgan fingerprint density at radius 3 is 1.64 bits per heavy atom. The van der Waals surface area contributed by atoms with Crippen molar-refractivity contribution in [3.63, 3.8) is 0 Å². The number of halogens is 2. The number of aryl methyl sites for hydroxylation is 1. The Labute approximate surface area is 579 Å². The highest BCUT2D eigenvalue weighted by molar-refractivity contribution is 5.92. The first kappa shape index (κ1) is 78.0. The summed E-state index contributed by atoms with van der Waals surface area (Å²) in [6.07, 6.45) is 17.4. The molecule has 0 bridgehead atoms. The molecule has 0 spiro atoms. The van der Waals surface area contributed by atoms with Crippen LogP contribution in [-0.4, -0.2) is 145 Å². The molecular weight excluding hydrogens is 1310 g/mol. The Kier molecular flexibility index (Phi) is 26.6. The van der Waals surface area contributed by atoms with E-state index in [2.05, 4.69) is 124 Å². The van der Waals surface area contributed by atoms with Gasteiger partial charge in [0.1, 0.15) is 41.7 Å². The second kappa shape index (κ2) is 34.5. The summed E-state index contributed by atoms with van der Waals surface area (Å²) >= 11 is 0. The van der Waals surface area contributed by atoms with Gasteiger partial charge in [0, 0.05) is 61.0 Å². The number of hydrogen-bond donors (Lipinski definition) is 7. The topological polar surface area (TPSA) is 507 Å². The van der Waals surface area contributed by atoms with Gasteiger partial charge in [-0.1, -0.05) is 25.1 Å². The van der Waals surface area contributed by atoms with Gasteiger partial charge in [-0.25, -0.2) is 59.2 Å². The van der Waals surface area contributed by atoms with Gasteiger partial charge in [-0.2, -0.15) is 33.8 Å². The van der Waals surface area contributed by atoms with Crippen LogP contribution in [0.25, 0.3) is 50.2 Å². The molecule has 38 heteroatoms. The van der Waals surface area contributed by atoms with E-state index in [1.165, 1.54) is 48.4 Å². The lowest BCUT2D eigenvalue weighted by Gasteiger charge is -2.08. The molecule has 12 aromatic rings. The molecule has 12 aromatic heterocycles. The van der Waals surface area contributed by atoms with Crippen LogP contribution in [0.3, 0.4) is 0 Å². The van der Waals surface area contributed by atoms with Crippen molar-refractivity contribution in [2.45, 2.75) is 173 Å². The maximum atomic E-state index is 13.4. The minimum Gasteiger partial charge on any atom is -0.383 e. The lowest BCUT2D eigenvalue weighted by Crippen LogP contribution is -2.12. The molecule has 0 aliphatic heterocycles. The molecule has 36 nitrogen and oxygen atoms in total. The summed E-state index contributed by atoms with van der Waals surface area (Å²) in [5.74, 6) is 1.84. The molecule has 0 radical (unpaired) electrons. The fourth-order valence-electron chi connectivity index (χ4n) is 9.03. The van der Waals surface area contributed by atoms with E-state index in [4.69, 9.17) is 34.4 Å². The first-order valence-corrected chi connectivity index (χ1v) is 32.0. The van der Waals surface area contributed by atoms with Gasteiger partial charge in [-0.05, 0) is 122 Å². The summed E-state index contributed by atoms with van der Waals surface area (Å²) in [5.41, 5.74) is 40.3. The second-order valence-electron chi connectivity index (χ2n) is 24.8. The SMILES string of the molecule is CC(=O)c1ncn(C(C)C)n1.CC(C)C1=CCc2c(N)ncnc21.CC(C)n1c(F)nc2c(N)ncnc21.CC(C)n1cc(C(N)=O)cn1.CC(C)n1cc(C(N)=O)nn1.CC(C)n1cnc2c(=O)[nH]c(F)nc21.CC(C)n1cnc2c(N)nc(N)nc21.Cc1ncc2ncn(C(C)C)c2n1. The van der Waals surface area contributed by atoms with Gasteiger partial charge in [0.2, 0.25) is 11.8 Å². The van der Waals surface area contributed by atoms with Crippen molar-refractivity contribution in [1.29, 1.82) is 0 Å². The molecule has 12 heterocycles. The number of primary amides is 2. The Morgan fingerprint density at radius 1 is 0.545 bits per heavy atom. The van der Waals surface area contributed by atoms with E-state index in [0.717, 1.165) is 34.7 Å². The van der Waals surface area contributed by atoms with Crippen LogP contribution in [0.15, 0.2) is 73.6 Å². The molecule has 2 amide bonds. The average Bonchev–Trinajstić information content (AvgIpc) is 1.66. The fourth-order valence-corrected chi connectivity index (χ4v) is 9.03. The zero-order valence-electron chi connectivity index (χ0n) is 59.7. The van der Waals surface area contributed by atoms with Gasteiger partial charge in [0.05, 0.1) is 48.8 Å². The first-order chi connectivity index (χ1) is 47.5. The van der Waals surface area contributed by atoms with Crippen molar-refractivity contribution >= 4 is 91.2 Å². The zero-order chi connectivity index (χ0) is 75.0. The highest BCUT2D eigenvalue weighted by Gasteiger charge is 2.21. The van der Waals surface area contributed by atoms with Crippen LogP contribution in [0.2, 0.25) is 0 Å². The van der Waals surface area contributed by atoms with Gasteiger partial charge in [-0.15, -0.1) is 10.2 Å². The third-order valence-corrected chi connectivity index (χ3v) is 14.4. The Balaban J connectivity index is 0.000000182. The number of ketones is 1. The van der Waals surface area contributed by atoms with Gasteiger partial charge >= 0.3 is 0 Å². The third-order valence-electron chi connectivity index (χ3n) is 14.4. The lowest BCUT2D eigenvalue weighted by molar-refractivity contribution is 0.0988. The van der Waals surface area contributed by atoms with Gasteiger partial charge in [-0.3, -0.25) is 33.4 Å². The minimum absolute atomic E-state index is 0.0469. The van der Waals surface area contributed by atoms with Crippen LogP contribution in [0.4, 0.5) is 32.2 Å². The van der Waals surface area contributed by atoms with Crippen molar-refractivity contribution in [3.05, 3.63) is 126 Å². The number of amides is 2. The lowest BCUT2D eigenvalue weighted by atomic mass is 10.0. The number of allylic oxidation sites excluding steroid dienone is 2. The maximum absolute atomic E-state index is 13.4. The van der Waals surface area contributed by atoms with E-state index >= 15 is 0 Å². The number of nitrogens with zero attached hydrogens (tertiary/aromatic N) is 25. The number of imidazole rings is 4. The number of Topliss-reactive ketones (excluding diaryl/α,β-unsaturated/α-hetero) is 1. The summed E-state index contributed by atoms with van der Waals surface area (Å²) in [6.45, 7) is 35.3. The number of nitrogen functional groups attached to an aromatic ring is 4. The number of aromatic nitrogens is 26. The molecular formula is C63H88F2N32O4. The van der Waals surface area contributed by atoms with E-state index in [1.54, 1.807) is 43.7 Å². The van der Waals surface area contributed by atoms with Crippen LogP contribution in [0, 0.1) is 25.0 Å². The number of fused-ring (bicyclic) bond motifs is 5. The quantitative estimate of drug-likeness (QED) is 0.0374. The van der Waals surface area contributed by atoms with Crippen molar-refractivity contribution in [1.82, 2.24) is 128 Å². The van der Waals surface area contributed by atoms with Crippen LogP contribution >= 0.6 is 0 Å². The van der Waals surface area contributed by atoms with E-state index in [1.807, 2.05) is 110 Å². The summed E-state index contributed by atoms with van der Waals surface area (Å²) in [5, 5.41) is 15.2. The standard InChI is InChI=1S/C10H13N3.C9H12N4.C8H10FN5.C8H9FN4O.C8H12N6.2C7H11N3O.C6H10N4O/c1-6(2)7-3-4-8-9(7)12-5-13-10(8)11;1-6(2)13-5-11-8-4-10-7(3)12-9(8)13;1-4(2)14-7-5(13-8(14)9)6(10)11-3-12-7;1-4(2)13-3-10-5-6(13)11-8(9)12-7(5)14;1-4(2)14-3-11-5-6(9)12-8(10)13-7(5)14;1-5(2)10-4-8-7(9-10)6(3)11;1-5(2)10-4-6(3-9-10)7(8)11;1-4(2)10-3-5(6(7)11)8-9-10/h3,5-6H,4H2,1-2H3,(H2,11,12,13);4-6H,1-3H3;3-4H,1-2H3,(H2,10,11,12);3-4H,1-2H3,(H,11,12,14);3-4H,1-2H3,(H4,9,10,12,13);4-5H,1-3H3;3-5H,1-2H3,(H2,8,11);3-4H,1-2H3,(H2,7,11). The van der Waals surface area contributed by atoms with E-state index in [9.17, 15) is 28.0 Å². The largest absolute Gasteiger partial charge is 0.383 e. The minimum atomic E-state index is -0.884. The number of carbonyl (C=O) groups excluding carboxylic acids is 3. The molecule has 13 rings (SSSR count). The van der Waals surface area contributed by atoms with E-state index in [-0.39, 0.29) is 70.7 Å².